The number of hydrogen-bond acceptors (Lipinski definition) is 30. The van der Waals surface area contributed by atoms with Gasteiger partial charge in [0.05, 0.1) is 89.0 Å². The minimum atomic E-state index is -4.20. The highest BCUT2D eigenvalue weighted by Crippen LogP contribution is 2.58. The number of hydrogen-bond donors (Lipinski definition) is 9. The maximum Gasteiger partial charge on any atom is 0.380 e. The molecule has 0 radical (unpaired) electrons. The number of alkyl halides is 6. The summed E-state index contributed by atoms with van der Waals surface area (Å²) in [6.45, 7) is 13.5. The zero-order valence-electron chi connectivity index (χ0n) is 68.7. The van der Waals surface area contributed by atoms with Crippen LogP contribution in [0, 0.1) is 17.8 Å². The number of anilines is 3. The van der Waals surface area contributed by atoms with Crippen molar-refractivity contribution in [3.63, 3.8) is 0 Å². The van der Waals surface area contributed by atoms with E-state index < -0.39 is 223 Å². The van der Waals surface area contributed by atoms with Crippen LogP contribution in [0.1, 0.15) is 102 Å². The van der Waals surface area contributed by atoms with E-state index in [0.717, 1.165) is 13.7 Å². The van der Waals surface area contributed by atoms with Crippen LogP contribution in [0.5, 0.6) is 17.2 Å². The number of nitrogen functional groups attached to an aromatic ring is 3. The Morgan fingerprint density at radius 3 is 0.862 bits per heavy atom. The number of benzene rings is 3. The maximum atomic E-state index is 16.1. The second-order valence-electron chi connectivity index (χ2n) is 30.8. The van der Waals surface area contributed by atoms with Crippen molar-refractivity contribution >= 4 is 91.6 Å². The summed E-state index contributed by atoms with van der Waals surface area (Å²) >= 11 is 0. The first-order valence-corrected chi connectivity index (χ1v) is 44.0. The van der Waals surface area contributed by atoms with Gasteiger partial charge < -0.3 is 88.2 Å². The van der Waals surface area contributed by atoms with Crippen molar-refractivity contribution in [3.8, 4) is 17.2 Å². The van der Waals surface area contributed by atoms with E-state index in [4.69, 9.17) is 72.8 Å². The average molecular weight is 1800 g/mol. The molecule has 4 unspecified atom stereocenters. The minimum absolute atomic E-state index is 0.0364. The van der Waals surface area contributed by atoms with Crippen molar-refractivity contribution < 1.29 is 125 Å². The lowest BCUT2D eigenvalue weighted by molar-refractivity contribution is -0.152. The zero-order chi connectivity index (χ0) is 90.3. The molecule has 3 aliphatic heterocycles. The quantitative estimate of drug-likeness (QED) is 0.00798. The van der Waals surface area contributed by atoms with E-state index in [1.54, 1.807) is 96.1 Å². The summed E-state index contributed by atoms with van der Waals surface area (Å²) in [5.74, 6) is -4.92. The van der Waals surface area contributed by atoms with Crippen LogP contribution in [0.15, 0.2) is 142 Å². The molecule has 0 saturated carbocycles. The monoisotopic (exact) mass is 1790 g/mol. The van der Waals surface area contributed by atoms with Crippen molar-refractivity contribution in [2.24, 2.45) is 17.8 Å². The van der Waals surface area contributed by atoms with E-state index >= 15 is 13.2 Å². The van der Waals surface area contributed by atoms with Gasteiger partial charge in [-0.3, -0.25) is 57.3 Å². The van der Waals surface area contributed by atoms with Crippen LogP contribution in [-0.2, 0) is 70.1 Å². The summed E-state index contributed by atoms with van der Waals surface area (Å²) in [5, 5.41) is 32.9. The highest BCUT2D eigenvalue weighted by molar-refractivity contribution is 7.55. The van der Waals surface area contributed by atoms with Crippen LogP contribution >= 0.6 is 22.8 Å². The molecule has 0 spiro atoms. The van der Waals surface area contributed by atoms with E-state index in [1.807, 2.05) is 0 Å². The molecule has 12 rings (SSSR count). The lowest BCUT2D eigenvalue weighted by Gasteiger charge is -2.29. The predicted molar refractivity (Wildman–Crippen MR) is 435 cm³/mol. The lowest BCUT2D eigenvalue weighted by atomic mass is 9.95. The van der Waals surface area contributed by atoms with E-state index in [-0.39, 0.29) is 68.2 Å². The molecule has 3 aromatic carbocycles. The molecular formula is C78H99F6N12O24P3. The van der Waals surface area contributed by atoms with Crippen molar-refractivity contribution in [1.82, 2.24) is 43.6 Å². The molecule has 12 N–H and O–H groups in total. The highest BCUT2D eigenvalue weighted by atomic mass is 31.2. The fourth-order valence-electron chi connectivity index (χ4n) is 13.9. The fourth-order valence-corrected chi connectivity index (χ4v) is 20.2. The third-order valence-electron chi connectivity index (χ3n) is 19.8. The average Bonchev–Trinajstić information content (AvgIpc) is 1.59. The van der Waals surface area contributed by atoms with E-state index in [2.05, 4.69) is 29.9 Å². The smallest absolute Gasteiger partial charge is 0.380 e. The van der Waals surface area contributed by atoms with Crippen molar-refractivity contribution in [2.75, 3.05) is 55.7 Å². The SMILES string of the molecule is CC(C)OC(=O)[C@H](C)CP(=O)(Oc1ccccc1)O[C@@H](C)[C@H]1O[C@@H](n2ccc3c(=O)[nH]c(N)nc32)C(F)(CF)[C@H]1O.CC(C)OC(=O)[C@H](C)C[P@@](=O)(Oc1ccccc1)O[C@@H](C)[C@H]1O[C@@H](n2ccc3c(=O)[nH]c(N)nc32)C(F)(CF)[C@H]1O.CC(C)OC(=O)[C@H](C)C[P@](=O)(Oc1ccccc1)O[C@@H](C)[C@H]1O[C@@H](n2ccc3c(=O)[nH]c(N)nc32)C(F)(CF)[C@H]1O. The highest BCUT2D eigenvalue weighted by Gasteiger charge is 2.64. The number of rotatable bonds is 33. The Balaban J connectivity index is 0.000000193. The molecule has 45 heteroatoms. The standard InChI is InChI=1S/3C26H33F2N4O8P/c3*1-14(2)37-23(35)15(3)12-41(36,40-17-8-6-5-7-9-17)39-16(4)19-20(33)26(28,13-27)24(38-19)32-11-10-18-21(32)30-25(29)31-22(18)34/h3*5-11,14-16,19-20,24,33H,12-13H2,1-4H3,(H3,29,30,31,34)/t15-,16+,19-,20+,24-,26?,41?;15-,16+,19-,20+,24-,26?,41+;15-,16+,19-,20+,24-,26?,41-/m111/s1. The molecule has 0 bridgehead atoms. The number of carbonyl (C=O) groups excluding carboxylic acids is 3. The Morgan fingerprint density at radius 2 is 0.650 bits per heavy atom. The van der Waals surface area contributed by atoms with Gasteiger partial charge in [0.25, 0.3) is 16.7 Å². The molecule has 6 aromatic heterocycles. The number of aromatic nitrogens is 9. The Hall–Kier alpha value is -9.96. The van der Waals surface area contributed by atoms with Crippen molar-refractivity contribution in [1.29, 1.82) is 0 Å². The normalized spacial score (nSPS) is 25.6. The van der Waals surface area contributed by atoms with Gasteiger partial charge in [-0.05, 0) is 117 Å². The van der Waals surface area contributed by atoms with E-state index in [1.165, 1.54) is 115 Å². The number of para-hydroxylation sites is 3. The summed E-state index contributed by atoms with van der Waals surface area (Å²) in [6, 6.07) is 28.1. The summed E-state index contributed by atoms with van der Waals surface area (Å²) < 4.78 is 204. The molecular weight excluding hydrogens is 1700 g/mol. The Bertz CT molecular complexity index is 4980. The Kier molecular flexibility index (Phi) is 30.3. The van der Waals surface area contributed by atoms with Gasteiger partial charge in [-0.25, -0.2) is 40.0 Å². The number of nitrogens with zero attached hydrogens (tertiary/aromatic N) is 6. The van der Waals surface area contributed by atoms with Crippen LogP contribution in [0.4, 0.5) is 44.2 Å². The lowest BCUT2D eigenvalue weighted by Crippen LogP contribution is -2.47. The van der Waals surface area contributed by atoms with Crippen LogP contribution in [0.25, 0.3) is 33.1 Å². The van der Waals surface area contributed by atoms with Gasteiger partial charge >= 0.3 is 40.7 Å². The Morgan fingerprint density at radius 1 is 0.423 bits per heavy atom. The molecule has 123 heavy (non-hydrogen) atoms. The van der Waals surface area contributed by atoms with Gasteiger partial charge in [-0.15, -0.1) is 0 Å². The van der Waals surface area contributed by atoms with Crippen molar-refractivity contribution in [2.45, 2.75) is 192 Å². The third kappa shape index (κ3) is 21.5. The molecule has 3 saturated heterocycles. The first-order chi connectivity index (χ1) is 57.8. The molecule has 21 atom stereocenters. The number of aromatic amines is 3. The summed E-state index contributed by atoms with van der Waals surface area (Å²) in [4.78, 5) is 93.1. The number of carbonyl (C=O) groups is 3. The van der Waals surface area contributed by atoms with Gasteiger partial charge in [0.15, 0.2) is 35.6 Å². The van der Waals surface area contributed by atoms with E-state index in [9.17, 15) is 71.0 Å². The number of fused-ring (bicyclic) bond motifs is 3. The largest absolute Gasteiger partial charge is 0.463 e. The van der Waals surface area contributed by atoms with Gasteiger partial charge in [0.1, 0.15) is 73.9 Å². The molecule has 9 aromatic rings. The number of aliphatic hydroxyl groups is 3. The number of ether oxygens (including phenoxy) is 6. The molecule has 0 amide bonds. The number of H-pyrrole nitrogens is 3. The number of aliphatic hydroxyl groups excluding tert-OH is 3. The molecule has 36 nitrogen and oxygen atoms in total. The van der Waals surface area contributed by atoms with Crippen LogP contribution in [-0.4, -0.2) is 206 Å². The zero-order valence-corrected chi connectivity index (χ0v) is 71.4. The first-order valence-electron chi connectivity index (χ1n) is 38.9. The topological polar surface area (TPSA) is 504 Å². The van der Waals surface area contributed by atoms with Crippen LogP contribution in [0.2, 0.25) is 0 Å². The maximum absolute atomic E-state index is 16.1. The van der Waals surface area contributed by atoms with E-state index in [0.29, 0.717) is 0 Å². The first kappa shape index (κ1) is 95.3. The molecule has 3 fully saturated rings. The third-order valence-corrected chi connectivity index (χ3v) is 26.2. The van der Waals surface area contributed by atoms with Crippen LogP contribution < -0.4 is 47.5 Å². The molecule has 3 aliphatic rings. The van der Waals surface area contributed by atoms with Gasteiger partial charge in [0.2, 0.25) is 34.9 Å². The molecule has 0 aliphatic carbocycles. The van der Waals surface area contributed by atoms with Crippen LogP contribution in [0.3, 0.4) is 0 Å². The molecule has 9 heterocycles. The molecule has 672 valence electrons. The van der Waals surface area contributed by atoms with Gasteiger partial charge in [-0.1, -0.05) is 75.4 Å². The van der Waals surface area contributed by atoms with Crippen molar-refractivity contribution in [3.05, 3.63) is 159 Å². The second kappa shape index (κ2) is 39.1. The fraction of sp³-hybridized carbons (Fsp3) is 0.500. The minimum Gasteiger partial charge on any atom is -0.463 e. The summed E-state index contributed by atoms with van der Waals surface area (Å²) in [5.41, 5.74) is 5.80. The number of halogens is 6. The summed E-state index contributed by atoms with van der Waals surface area (Å²) in [6.07, 6.45) is -19.0. The number of esters is 3. The summed E-state index contributed by atoms with van der Waals surface area (Å²) in [7, 11) is -12.6. The van der Waals surface area contributed by atoms with Gasteiger partial charge in [0, 0.05) is 18.6 Å². The van der Waals surface area contributed by atoms with Gasteiger partial charge in [-0.2, -0.15) is 15.0 Å². The number of nitrogens with one attached hydrogen (secondary N) is 3. The predicted octanol–water partition coefficient (Wildman–Crippen LogP) is 10.5. The Labute approximate surface area is 699 Å². The second-order valence-corrected chi connectivity index (χ2v) is 36.7. The number of nitrogens with two attached hydrogens (primary N) is 3.